The zero-order valence-electron chi connectivity index (χ0n) is 12.0. The molecule has 3 atom stereocenters. The monoisotopic (exact) mass is 257 g/mol. The highest BCUT2D eigenvalue weighted by Crippen LogP contribution is 2.16. The van der Waals surface area contributed by atoms with Crippen LogP contribution < -0.4 is 5.32 Å². The molecule has 1 saturated heterocycles. The van der Waals surface area contributed by atoms with E-state index in [4.69, 9.17) is 0 Å². The standard InChI is InChI=1S/C13H27N3O2/c1-10-5-8-16(9-12(10)17)13(18)14-11(2)6-7-15(3)4/h10-12,17H,5-9H2,1-4H3,(H,14,18). The number of aliphatic hydroxyl groups is 1. The van der Waals surface area contributed by atoms with Crippen LogP contribution in [0.1, 0.15) is 26.7 Å². The molecule has 2 amide bonds. The maximum absolute atomic E-state index is 12.0. The van der Waals surface area contributed by atoms with Gasteiger partial charge in [0.25, 0.3) is 0 Å². The fraction of sp³-hybridized carbons (Fsp3) is 0.923. The van der Waals surface area contributed by atoms with Crippen molar-refractivity contribution in [1.82, 2.24) is 15.1 Å². The SMILES string of the molecule is CC(CCN(C)C)NC(=O)N1CCC(C)C(O)C1. The Hall–Kier alpha value is -0.810. The fourth-order valence-corrected chi connectivity index (χ4v) is 2.06. The number of carbonyl (C=O) groups is 1. The largest absolute Gasteiger partial charge is 0.391 e. The Balaban J connectivity index is 2.32. The molecule has 106 valence electrons. The van der Waals surface area contributed by atoms with E-state index in [1.165, 1.54) is 0 Å². The van der Waals surface area contributed by atoms with Crippen LogP contribution in [0, 0.1) is 5.92 Å². The number of nitrogens with one attached hydrogen (secondary N) is 1. The van der Waals surface area contributed by atoms with Gasteiger partial charge in [0.1, 0.15) is 0 Å². The Kier molecular flexibility index (Phi) is 5.88. The van der Waals surface area contributed by atoms with Crippen LogP contribution in [0.15, 0.2) is 0 Å². The molecule has 5 heteroatoms. The van der Waals surface area contributed by atoms with Crippen LogP contribution in [-0.2, 0) is 0 Å². The maximum Gasteiger partial charge on any atom is 0.317 e. The summed E-state index contributed by atoms with van der Waals surface area (Å²) in [7, 11) is 4.05. The Morgan fingerprint density at radius 2 is 2.22 bits per heavy atom. The van der Waals surface area contributed by atoms with Crippen molar-refractivity contribution in [2.45, 2.75) is 38.8 Å². The van der Waals surface area contributed by atoms with Gasteiger partial charge in [-0.1, -0.05) is 6.92 Å². The van der Waals surface area contributed by atoms with Crippen molar-refractivity contribution in [2.24, 2.45) is 5.92 Å². The van der Waals surface area contributed by atoms with Crippen LogP contribution in [-0.4, -0.2) is 66.8 Å². The van der Waals surface area contributed by atoms with Crippen LogP contribution in [0.3, 0.4) is 0 Å². The number of β-amino-alcohol motifs (C(OH)–C–C–N with tert-alkyl or cyclic N) is 1. The van der Waals surface area contributed by atoms with Gasteiger partial charge in [-0.15, -0.1) is 0 Å². The van der Waals surface area contributed by atoms with Gasteiger partial charge in [-0.05, 0) is 46.3 Å². The molecule has 0 saturated carbocycles. The molecule has 0 spiro atoms. The van der Waals surface area contributed by atoms with Gasteiger partial charge < -0.3 is 20.2 Å². The summed E-state index contributed by atoms with van der Waals surface area (Å²) in [6.07, 6.45) is 1.42. The minimum atomic E-state index is -0.387. The normalized spacial score (nSPS) is 26.2. The summed E-state index contributed by atoms with van der Waals surface area (Å²) in [5, 5.41) is 12.8. The topological polar surface area (TPSA) is 55.8 Å². The zero-order chi connectivity index (χ0) is 13.7. The van der Waals surface area contributed by atoms with Crippen molar-refractivity contribution < 1.29 is 9.90 Å². The molecular weight excluding hydrogens is 230 g/mol. The number of hydrogen-bond donors (Lipinski definition) is 2. The van der Waals surface area contributed by atoms with Crippen LogP contribution >= 0.6 is 0 Å². The third kappa shape index (κ3) is 4.82. The maximum atomic E-state index is 12.0. The predicted octanol–water partition coefficient (Wildman–Crippen LogP) is 0.739. The van der Waals surface area contributed by atoms with Gasteiger partial charge in [-0.2, -0.15) is 0 Å². The van der Waals surface area contributed by atoms with Crippen molar-refractivity contribution >= 4 is 6.03 Å². The molecule has 1 heterocycles. The van der Waals surface area contributed by atoms with Gasteiger partial charge in [0, 0.05) is 19.1 Å². The first kappa shape index (κ1) is 15.2. The Labute approximate surface area is 110 Å². The third-order valence-corrected chi connectivity index (χ3v) is 3.59. The molecule has 0 aliphatic carbocycles. The molecular formula is C13H27N3O2. The van der Waals surface area contributed by atoms with E-state index in [0.717, 1.165) is 25.9 Å². The average molecular weight is 257 g/mol. The summed E-state index contributed by atoms with van der Waals surface area (Å²) in [5.41, 5.74) is 0. The summed E-state index contributed by atoms with van der Waals surface area (Å²) in [5.74, 6) is 0.292. The smallest absolute Gasteiger partial charge is 0.317 e. The van der Waals surface area contributed by atoms with Crippen LogP contribution in [0.4, 0.5) is 4.79 Å². The fourth-order valence-electron chi connectivity index (χ4n) is 2.06. The quantitative estimate of drug-likeness (QED) is 0.781. The molecule has 1 fully saturated rings. The first-order chi connectivity index (χ1) is 8.40. The van der Waals surface area contributed by atoms with Gasteiger partial charge >= 0.3 is 6.03 Å². The Morgan fingerprint density at radius 3 is 2.78 bits per heavy atom. The number of aliphatic hydroxyl groups excluding tert-OH is 1. The molecule has 0 aromatic rings. The van der Waals surface area contributed by atoms with Crippen LogP contribution in [0.25, 0.3) is 0 Å². The molecule has 1 aliphatic heterocycles. The average Bonchev–Trinajstić information content (AvgIpc) is 2.30. The molecule has 1 aliphatic rings. The molecule has 18 heavy (non-hydrogen) atoms. The third-order valence-electron chi connectivity index (χ3n) is 3.59. The van der Waals surface area contributed by atoms with Gasteiger partial charge in [-0.25, -0.2) is 4.79 Å². The summed E-state index contributed by atoms with van der Waals surface area (Å²) >= 11 is 0. The van der Waals surface area contributed by atoms with Crippen LogP contribution in [0.5, 0.6) is 0 Å². The summed E-state index contributed by atoms with van der Waals surface area (Å²) in [4.78, 5) is 15.8. The van der Waals surface area contributed by atoms with E-state index in [1.807, 2.05) is 27.9 Å². The minimum absolute atomic E-state index is 0.0489. The van der Waals surface area contributed by atoms with E-state index in [0.29, 0.717) is 12.5 Å². The van der Waals surface area contributed by atoms with E-state index < -0.39 is 0 Å². The number of nitrogens with zero attached hydrogens (tertiary/aromatic N) is 2. The summed E-state index contributed by atoms with van der Waals surface area (Å²) in [6, 6.07) is 0.114. The summed E-state index contributed by atoms with van der Waals surface area (Å²) in [6.45, 7) is 6.20. The Morgan fingerprint density at radius 1 is 1.56 bits per heavy atom. The zero-order valence-corrected chi connectivity index (χ0v) is 12.0. The highest BCUT2D eigenvalue weighted by molar-refractivity contribution is 5.74. The number of hydrogen-bond acceptors (Lipinski definition) is 3. The lowest BCUT2D eigenvalue weighted by atomic mass is 9.96. The van der Waals surface area contributed by atoms with E-state index in [1.54, 1.807) is 4.90 Å². The van der Waals surface area contributed by atoms with Gasteiger partial charge in [0.05, 0.1) is 6.10 Å². The second kappa shape index (κ2) is 6.95. The number of amides is 2. The molecule has 5 nitrogen and oxygen atoms in total. The van der Waals surface area contributed by atoms with Crippen molar-refractivity contribution in [1.29, 1.82) is 0 Å². The van der Waals surface area contributed by atoms with Gasteiger partial charge in [0.15, 0.2) is 0 Å². The van der Waals surface area contributed by atoms with Crippen LogP contribution in [0.2, 0.25) is 0 Å². The first-order valence-electron chi connectivity index (χ1n) is 6.78. The lowest BCUT2D eigenvalue weighted by Crippen LogP contribution is -2.51. The molecule has 3 unspecified atom stereocenters. The van der Waals surface area contributed by atoms with E-state index in [2.05, 4.69) is 10.2 Å². The molecule has 2 N–H and O–H groups in total. The van der Waals surface area contributed by atoms with E-state index in [9.17, 15) is 9.90 Å². The van der Waals surface area contributed by atoms with Gasteiger partial charge in [0.2, 0.25) is 0 Å². The first-order valence-corrected chi connectivity index (χ1v) is 6.78. The highest BCUT2D eigenvalue weighted by Gasteiger charge is 2.27. The van der Waals surface area contributed by atoms with Crippen molar-refractivity contribution in [2.75, 3.05) is 33.7 Å². The lowest BCUT2D eigenvalue weighted by Gasteiger charge is -2.35. The molecule has 1 rings (SSSR count). The number of carbonyl (C=O) groups excluding carboxylic acids is 1. The highest BCUT2D eigenvalue weighted by atomic mass is 16.3. The number of piperidine rings is 1. The Bertz CT molecular complexity index is 271. The molecule has 0 aromatic carbocycles. The van der Waals surface area contributed by atoms with Crippen molar-refractivity contribution in [3.63, 3.8) is 0 Å². The van der Waals surface area contributed by atoms with E-state index in [-0.39, 0.29) is 18.2 Å². The molecule has 0 bridgehead atoms. The molecule has 0 aromatic heterocycles. The predicted molar refractivity (Wildman–Crippen MR) is 72.5 cm³/mol. The summed E-state index contributed by atoms with van der Waals surface area (Å²) < 4.78 is 0. The van der Waals surface area contributed by atoms with E-state index >= 15 is 0 Å². The number of urea groups is 1. The minimum Gasteiger partial charge on any atom is -0.391 e. The second-order valence-electron chi connectivity index (χ2n) is 5.72. The number of likely N-dealkylation sites (tertiary alicyclic amines) is 1. The second-order valence-corrected chi connectivity index (χ2v) is 5.72. The molecule has 0 radical (unpaired) electrons. The van der Waals surface area contributed by atoms with Gasteiger partial charge in [-0.3, -0.25) is 0 Å². The van der Waals surface area contributed by atoms with Crippen molar-refractivity contribution in [3.05, 3.63) is 0 Å². The van der Waals surface area contributed by atoms with Crippen molar-refractivity contribution in [3.8, 4) is 0 Å². The lowest BCUT2D eigenvalue weighted by molar-refractivity contribution is 0.0430. The number of rotatable bonds is 4.